The van der Waals surface area contributed by atoms with E-state index in [9.17, 15) is 4.79 Å². The monoisotopic (exact) mass is 456 g/mol. The summed E-state index contributed by atoms with van der Waals surface area (Å²) in [6, 6.07) is 10.6. The van der Waals surface area contributed by atoms with Crippen LogP contribution in [0.2, 0.25) is 5.02 Å². The molecular weight excluding hydrogens is 424 g/mol. The zero-order valence-corrected chi connectivity index (χ0v) is 19.5. The minimum atomic E-state index is -0.0311. The Morgan fingerprint density at radius 1 is 1.22 bits per heavy atom. The zero-order chi connectivity index (χ0) is 22.3. The van der Waals surface area contributed by atoms with Crippen molar-refractivity contribution in [2.45, 2.75) is 45.1 Å². The van der Waals surface area contributed by atoms with Crippen LogP contribution in [0.5, 0.6) is 0 Å². The summed E-state index contributed by atoms with van der Waals surface area (Å²) in [5.41, 5.74) is 2.92. The Morgan fingerprint density at radius 3 is 2.81 bits per heavy atom. The molecule has 3 heterocycles. The van der Waals surface area contributed by atoms with Crippen LogP contribution in [0, 0.1) is 11.8 Å². The number of pyridine rings is 1. The van der Waals surface area contributed by atoms with Crippen molar-refractivity contribution in [2.75, 3.05) is 36.9 Å². The van der Waals surface area contributed by atoms with Gasteiger partial charge in [-0.3, -0.25) is 4.79 Å². The third-order valence-electron chi connectivity index (χ3n) is 6.60. The average molecular weight is 457 g/mol. The summed E-state index contributed by atoms with van der Waals surface area (Å²) in [6.45, 7) is 5.53. The summed E-state index contributed by atoms with van der Waals surface area (Å²) in [7, 11) is 0. The molecule has 2 aromatic rings. The van der Waals surface area contributed by atoms with E-state index in [2.05, 4.69) is 40.0 Å². The van der Waals surface area contributed by atoms with Gasteiger partial charge in [0.1, 0.15) is 5.82 Å². The maximum Gasteiger partial charge on any atom is 0.229 e. The molecule has 3 N–H and O–H groups in total. The Hall–Kier alpha value is -2.15. The van der Waals surface area contributed by atoms with E-state index in [1.807, 2.05) is 18.2 Å². The second-order valence-electron chi connectivity index (χ2n) is 8.84. The first-order chi connectivity index (χ1) is 15.6. The van der Waals surface area contributed by atoms with Crippen molar-refractivity contribution in [3.63, 3.8) is 0 Å². The van der Waals surface area contributed by atoms with Gasteiger partial charge in [0.05, 0.1) is 10.9 Å². The minimum Gasteiger partial charge on any atom is -0.385 e. The van der Waals surface area contributed by atoms with Gasteiger partial charge in [0.15, 0.2) is 0 Å². The normalized spacial score (nSPS) is 21.8. The van der Waals surface area contributed by atoms with Gasteiger partial charge in [0, 0.05) is 49.8 Å². The van der Waals surface area contributed by atoms with Crippen molar-refractivity contribution < 1.29 is 9.53 Å². The van der Waals surface area contributed by atoms with Crippen molar-refractivity contribution in [3.05, 3.63) is 41.6 Å². The lowest BCUT2D eigenvalue weighted by molar-refractivity contribution is -0.120. The lowest BCUT2D eigenvalue weighted by atomic mass is 9.93. The number of benzene rings is 1. The number of nitrogens with zero attached hydrogens (tertiary/aromatic N) is 1. The molecule has 2 aliphatic rings. The fourth-order valence-electron chi connectivity index (χ4n) is 4.45. The largest absolute Gasteiger partial charge is 0.385 e. The maximum absolute atomic E-state index is 12.7. The Morgan fingerprint density at radius 2 is 2.06 bits per heavy atom. The summed E-state index contributed by atoms with van der Waals surface area (Å²) in [6.07, 6.45) is 6.84. The van der Waals surface area contributed by atoms with Crippen LogP contribution in [0.25, 0.3) is 11.1 Å². The lowest BCUT2D eigenvalue weighted by Gasteiger charge is -2.28. The molecule has 0 saturated carbocycles. The van der Waals surface area contributed by atoms with Crippen molar-refractivity contribution in [2.24, 2.45) is 11.8 Å². The SMILES string of the molecule is CC[C@H]1CC[C@@H](C(=O)Nc2cc(-c3cccc(NCC4CCOCC4)c3)c(Cl)cn2)CN1. The molecule has 1 aromatic heterocycles. The van der Waals surface area contributed by atoms with Gasteiger partial charge >= 0.3 is 0 Å². The molecule has 4 rings (SSSR count). The van der Waals surface area contributed by atoms with Crippen LogP contribution < -0.4 is 16.0 Å². The highest BCUT2D eigenvalue weighted by molar-refractivity contribution is 6.33. The van der Waals surface area contributed by atoms with Crippen LogP contribution in [0.1, 0.15) is 39.0 Å². The van der Waals surface area contributed by atoms with Crippen LogP contribution >= 0.6 is 11.6 Å². The first-order valence-electron chi connectivity index (χ1n) is 11.7. The molecular formula is C25H33ClN4O2. The minimum absolute atomic E-state index is 0.0136. The summed E-state index contributed by atoms with van der Waals surface area (Å²) in [5.74, 6) is 1.16. The number of ether oxygens (including phenoxy) is 1. The molecule has 1 aromatic carbocycles. The van der Waals surface area contributed by atoms with E-state index < -0.39 is 0 Å². The molecule has 32 heavy (non-hydrogen) atoms. The third-order valence-corrected chi connectivity index (χ3v) is 6.90. The van der Waals surface area contributed by atoms with E-state index in [0.29, 0.717) is 29.3 Å². The van der Waals surface area contributed by atoms with E-state index in [4.69, 9.17) is 16.3 Å². The Labute approximate surface area is 195 Å². The second-order valence-corrected chi connectivity index (χ2v) is 9.25. The number of piperidine rings is 1. The molecule has 6 nitrogen and oxygen atoms in total. The summed E-state index contributed by atoms with van der Waals surface area (Å²) < 4.78 is 5.45. The van der Waals surface area contributed by atoms with Gasteiger partial charge in [-0.1, -0.05) is 30.7 Å². The number of carbonyl (C=O) groups excluding carboxylic acids is 1. The van der Waals surface area contributed by atoms with Gasteiger partial charge in [0.2, 0.25) is 5.91 Å². The van der Waals surface area contributed by atoms with E-state index in [1.54, 1.807) is 6.20 Å². The van der Waals surface area contributed by atoms with Crippen LogP contribution in [-0.4, -0.2) is 43.2 Å². The van der Waals surface area contributed by atoms with Crippen molar-refractivity contribution in [1.82, 2.24) is 10.3 Å². The highest BCUT2D eigenvalue weighted by atomic mass is 35.5. The van der Waals surface area contributed by atoms with Crippen molar-refractivity contribution >= 4 is 29.0 Å². The van der Waals surface area contributed by atoms with Crippen molar-refractivity contribution in [3.8, 4) is 11.1 Å². The number of nitrogens with one attached hydrogen (secondary N) is 3. The van der Waals surface area contributed by atoms with E-state index >= 15 is 0 Å². The standard InChI is InChI=1S/C25H33ClN4O2/c1-2-20-7-6-19(15-28-20)25(31)30-24-13-22(23(26)16-29-24)18-4-3-5-21(12-18)27-14-17-8-10-32-11-9-17/h3-5,12-13,16-17,19-20,27-28H,2,6-11,14-15H2,1H3,(H,29,30,31)/t19-,20+/m1/s1. The zero-order valence-electron chi connectivity index (χ0n) is 18.7. The maximum atomic E-state index is 12.7. The molecule has 0 spiro atoms. The Bertz CT molecular complexity index is 909. The summed E-state index contributed by atoms with van der Waals surface area (Å²) in [5, 5.41) is 10.6. The molecule has 0 radical (unpaired) electrons. The van der Waals surface area contributed by atoms with Gasteiger partial charge in [-0.25, -0.2) is 4.98 Å². The molecule has 0 bridgehead atoms. The number of aromatic nitrogens is 1. The molecule has 172 valence electrons. The molecule has 1 amide bonds. The van der Waals surface area contributed by atoms with Crippen LogP contribution in [0.4, 0.5) is 11.5 Å². The molecule has 7 heteroatoms. The number of hydrogen-bond donors (Lipinski definition) is 3. The van der Waals surface area contributed by atoms with E-state index in [-0.39, 0.29) is 11.8 Å². The summed E-state index contributed by atoms with van der Waals surface area (Å²) >= 11 is 6.48. The van der Waals surface area contributed by atoms with Gasteiger partial charge in [-0.15, -0.1) is 0 Å². The number of rotatable bonds is 7. The topological polar surface area (TPSA) is 75.3 Å². The first kappa shape index (κ1) is 23.0. The summed E-state index contributed by atoms with van der Waals surface area (Å²) in [4.78, 5) is 17.1. The number of amides is 1. The molecule has 2 fully saturated rings. The first-order valence-corrected chi connectivity index (χ1v) is 12.1. The lowest BCUT2D eigenvalue weighted by Crippen LogP contribution is -2.43. The van der Waals surface area contributed by atoms with E-state index in [1.165, 1.54) is 0 Å². The van der Waals surface area contributed by atoms with Gasteiger partial charge < -0.3 is 20.7 Å². The fourth-order valence-corrected chi connectivity index (χ4v) is 4.67. The van der Waals surface area contributed by atoms with Crippen molar-refractivity contribution in [1.29, 1.82) is 0 Å². The smallest absolute Gasteiger partial charge is 0.229 e. The number of hydrogen-bond acceptors (Lipinski definition) is 5. The van der Waals surface area contributed by atoms with E-state index in [0.717, 1.165) is 68.7 Å². The average Bonchev–Trinajstić information content (AvgIpc) is 2.85. The molecule has 2 aliphatic heterocycles. The van der Waals surface area contributed by atoms with Crippen LogP contribution in [0.15, 0.2) is 36.5 Å². The van der Waals surface area contributed by atoms with Gasteiger partial charge in [-0.05, 0) is 61.8 Å². The predicted molar refractivity (Wildman–Crippen MR) is 130 cm³/mol. The molecule has 0 unspecified atom stereocenters. The van der Waals surface area contributed by atoms with Crippen LogP contribution in [0.3, 0.4) is 0 Å². The molecule has 2 saturated heterocycles. The fraction of sp³-hybridized carbons (Fsp3) is 0.520. The number of carbonyl (C=O) groups is 1. The highest BCUT2D eigenvalue weighted by Gasteiger charge is 2.25. The molecule has 2 atom stereocenters. The van der Waals surface area contributed by atoms with Gasteiger partial charge in [0.25, 0.3) is 0 Å². The molecule has 0 aliphatic carbocycles. The predicted octanol–water partition coefficient (Wildman–Crippen LogP) is 4.96. The quantitative estimate of drug-likeness (QED) is 0.549. The number of halogens is 1. The number of anilines is 2. The third kappa shape index (κ3) is 6.00. The van der Waals surface area contributed by atoms with Gasteiger partial charge in [-0.2, -0.15) is 0 Å². The Balaban J connectivity index is 1.41. The Kier molecular flexibility index (Phi) is 8.00. The highest BCUT2D eigenvalue weighted by Crippen LogP contribution is 2.31. The van der Waals surface area contributed by atoms with Crippen LogP contribution in [-0.2, 0) is 9.53 Å². The second kappa shape index (κ2) is 11.1.